The summed E-state index contributed by atoms with van der Waals surface area (Å²) in [5.41, 5.74) is 1.11. The van der Waals surface area contributed by atoms with Crippen LogP contribution in [0, 0.1) is 0 Å². The Kier molecular flexibility index (Phi) is 2.18. The fraction of sp³-hybridized carbons (Fsp3) is 0.400. The van der Waals surface area contributed by atoms with Gasteiger partial charge in [-0.25, -0.2) is 0 Å². The van der Waals surface area contributed by atoms with Gasteiger partial charge in [-0.2, -0.15) is 17.7 Å². The van der Waals surface area contributed by atoms with E-state index in [4.69, 9.17) is 0 Å². The van der Waals surface area contributed by atoms with Gasteiger partial charge in [0.15, 0.2) is 0 Å². The van der Waals surface area contributed by atoms with Gasteiger partial charge in [0, 0.05) is 12.8 Å². The van der Waals surface area contributed by atoms with Crippen LogP contribution in [-0.4, -0.2) is 9.78 Å². The lowest BCUT2D eigenvalue weighted by Gasteiger charge is -1.94. The second-order valence-electron chi connectivity index (χ2n) is 1.72. The van der Waals surface area contributed by atoms with E-state index >= 15 is 0 Å². The molecule has 1 aromatic heterocycles. The molecule has 1 aromatic rings. The molecule has 4 heteroatoms. The first-order valence-corrected chi connectivity index (χ1v) is 3.95. The van der Waals surface area contributed by atoms with Gasteiger partial charge in [-0.1, -0.05) is 0 Å². The molecule has 0 atom stereocenters. The largest absolute Gasteiger partial charge is 0.271 e. The first kappa shape index (κ1) is 7.15. The average Bonchev–Trinajstić information content (AvgIpc) is 2.12. The van der Waals surface area contributed by atoms with Crippen molar-refractivity contribution in [2.24, 2.45) is 7.05 Å². The molecular weight excluding hydrogens is 200 g/mol. The van der Waals surface area contributed by atoms with Crippen molar-refractivity contribution in [2.45, 2.75) is 5.75 Å². The minimum Gasteiger partial charge on any atom is -0.271 e. The number of hydrogen-bond donors (Lipinski definition) is 1. The van der Waals surface area contributed by atoms with Gasteiger partial charge in [-0.15, -0.1) is 0 Å². The Morgan fingerprint density at radius 3 is 2.78 bits per heavy atom. The molecule has 50 valence electrons. The minimum absolute atomic E-state index is 0.719. The zero-order valence-electron chi connectivity index (χ0n) is 5.00. The molecule has 0 N–H and O–H groups in total. The van der Waals surface area contributed by atoms with Crippen molar-refractivity contribution in [1.82, 2.24) is 9.78 Å². The van der Waals surface area contributed by atoms with Crippen molar-refractivity contribution in [1.29, 1.82) is 0 Å². The Morgan fingerprint density at radius 2 is 2.56 bits per heavy atom. The van der Waals surface area contributed by atoms with E-state index in [0.717, 1.165) is 15.9 Å². The van der Waals surface area contributed by atoms with Crippen molar-refractivity contribution < 1.29 is 0 Å². The highest BCUT2D eigenvalue weighted by molar-refractivity contribution is 9.10. The summed E-state index contributed by atoms with van der Waals surface area (Å²) in [6.45, 7) is 0. The first-order chi connectivity index (χ1) is 4.25. The first-order valence-electron chi connectivity index (χ1n) is 2.53. The molecular formula is C5H7BrN2S. The van der Waals surface area contributed by atoms with Crippen LogP contribution < -0.4 is 0 Å². The van der Waals surface area contributed by atoms with Crippen LogP contribution >= 0.6 is 28.6 Å². The SMILES string of the molecule is Cn1ncc(Br)c1CS. The molecule has 0 saturated carbocycles. The minimum atomic E-state index is 0.719. The number of aromatic nitrogens is 2. The van der Waals surface area contributed by atoms with Gasteiger partial charge in [-0.05, 0) is 15.9 Å². The van der Waals surface area contributed by atoms with E-state index in [0.29, 0.717) is 0 Å². The molecule has 0 amide bonds. The third-order valence-electron chi connectivity index (χ3n) is 1.16. The summed E-state index contributed by atoms with van der Waals surface area (Å²) >= 11 is 7.47. The lowest BCUT2D eigenvalue weighted by molar-refractivity contribution is 0.736. The van der Waals surface area contributed by atoms with Crippen LogP contribution in [0.25, 0.3) is 0 Å². The van der Waals surface area contributed by atoms with Crippen LogP contribution in [0.2, 0.25) is 0 Å². The standard InChI is InChI=1S/C5H7BrN2S/c1-8-5(3-9)4(6)2-7-8/h2,9H,3H2,1H3. The Morgan fingerprint density at radius 1 is 1.89 bits per heavy atom. The lowest BCUT2D eigenvalue weighted by atomic mass is 10.5. The second-order valence-corrected chi connectivity index (χ2v) is 2.89. The molecule has 0 aliphatic rings. The van der Waals surface area contributed by atoms with E-state index in [1.165, 1.54) is 0 Å². The summed E-state index contributed by atoms with van der Waals surface area (Å²) < 4.78 is 2.83. The summed E-state index contributed by atoms with van der Waals surface area (Å²) in [5, 5.41) is 4.01. The fourth-order valence-corrected chi connectivity index (χ4v) is 1.69. The number of rotatable bonds is 1. The molecule has 1 heterocycles. The zero-order chi connectivity index (χ0) is 6.85. The van der Waals surface area contributed by atoms with Gasteiger partial charge in [0.2, 0.25) is 0 Å². The summed E-state index contributed by atoms with van der Waals surface area (Å²) in [6, 6.07) is 0. The van der Waals surface area contributed by atoms with Gasteiger partial charge in [0.1, 0.15) is 0 Å². The number of nitrogens with zero attached hydrogens (tertiary/aromatic N) is 2. The van der Waals surface area contributed by atoms with E-state index < -0.39 is 0 Å². The molecule has 0 aromatic carbocycles. The monoisotopic (exact) mass is 206 g/mol. The summed E-state index contributed by atoms with van der Waals surface area (Å²) in [5.74, 6) is 0.719. The Bertz CT molecular complexity index is 189. The van der Waals surface area contributed by atoms with Crippen LogP contribution in [0.3, 0.4) is 0 Å². The van der Waals surface area contributed by atoms with Crippen LogP contribution in [0.15, 0.2) is 10.7 Å². The number of aryl methyl sites for hydroxylation is 1. The van der Waals surface area contributed by atoms with Crippen molar-refractivity contribution >= 4 is 28.6 Å². The van der Waals surface area contributed by atoms with E-state index in [-0.39, 0.29) is 0 Å². The van der Waals surface area contributed by atoms with Gasteiger partial charge in [0.25, 0.3) is 0 Å². The molecule has 9 heavy (non-hydrogen) atoms. The maximum atomic E-state index is 4.12. The number of hydrogen-bond acceptors (Lipinski definition) is 2. The highest BCUT2D eigenvalue weighted by Crippen LogP contribution is 2.15. The van der Waals surface area contributed by atoms with Crippen LogP contribution in [-0.2, 0) is 12.8 Å². The Balaban J connectivity index is 3.07. The predicted octanol–water partition coefficient (Wildman–Crippen LogP) is 1.61. The maximum absolute atomic E-state index is 4.12. The molecule has 0 aliphatic carbocycles. The van der Waals surface area contributed by atoms with Crippen LogP contribution in [0.1, 0.15) is 5.69 Å². The van der Waals surface area contributed by atoms with Gasteiger partial charge >= 0.3 is 0 Å². The van der Waals surface area contributed by atoms with E-state index in [1.807, 2.05) is 7.05 Å². The molecule has 0 bridgehead atoms. The summed E-state index contributed by atoms with van der Waals surface area (Å²) in [7, 11) is 1.90. The summed E-state index contributed by atoms with van der Waals surface area (Å²) in [4.78, 5) is 0. The van der Waals surface area contributed by atoms with Gasteiger partial charge in [-0.3, -0.25) is 4.68 Å². The molecule has 0 fully saturated rings. The third-order valence-corrected chi connectivity index (χ3v) is 2.12. The Hall–Kier alpha value is 0.0400. The number of halogens is 1. The second kappa shape index (κ2) is 2.75. The lowest BCUT2D eigenvalue weighted by Crippen LogP contribution is -1.94. The third kappa shape index (κ3) is 1.30. The molecule has 0 saturated heterocycles. The smallest absolute Gasteiger partial charge is 0.0635 e. The highest BCUT2D eigenvalue weighted by atomic mass is 79.9. The fourth-order valence-electron chi connectivity index (χ4n) is 0.614. The van der Waals surface area contributed by atoms with Crippen LogP contribution in [0.5, 0.6) is 0 Å². The molecule has 0 radical (unpaired) electrons. The Labute approximate surface area is 67.8 Å². The number of thiol groups is 1. The van der Waals surface area contributed by atoms with E-state index in [1.54, 1.807) is 10.9 Å². The highest BCUT2D eigenvalue weighted by Gasteiger charge is 2.00. The molecule has 1 rings (SSSR count). The van der Waals surface area contributed by atoms with E-state index in [9.17, 15) is 0 Å². The quantitative estimate of drug-likeness (QED) is 0.692. The maximum Gasteiger partial charge on any atom is 0.0635 e. The topological polar surface area (TPSA) is 17.8 Å². The van der Waals surface area contributed by atoms with Crippen molar-refractivity contribution in [3.8, 4) is 0 Å². The molecule has 0 spiro atoms. The molecule has 0 unspecified atom stereocenters. The van der Waals surface area contributed by atoms with Gasteiger partial charge < -0.3 is 0 Å². The van der Waals surface area contributed by atoms with Crippen molar-refractivity contribution in [3.63, 3.8) is 0 Å². The molecule has 2 nitrogen and oxygen atoms in total. The van der Waals surface area contributed by atoms with Crippen molar-refractivity contribution in [2.75, 3.05) is 0 Å². The van der Waals surface area contributed by atoms with Crippen molar-refractivity contribution in [3.05, 3.63) is 16.4 Å². The zero-order valence-corrected chi connectivity index (χ0v) is 7.48. The van der Waals surface area contributed by atoms with E-state index in [2.05, 4.69) is 33.7 Å². The summed E-state index contributed by atoms with van der Waals surface area (Å²) in [6.07, 6.45) is 1.77. The average molecular weight is 207 g/mol. The normalized spacial score (nSPS) is 10.1. The van der Waals surface area contributed by atoms with Gasteiger partial charge in [0.05, 0.1) is 16.4 Å². The predicted molar refractivity (Wildman–Crippen MR) is 43.6 cm³/mol. The molecule has 0 aliphatic heterocycles. The van der Waals surface area contributed by atoms with Crippen LogP contribution in [0.4, 0.5) is 0 Å².